The number of rotatable bonds is 4. The summed E-state index contributed by atoms with van der Waals surface area (Å²) >= 11 is 12.1. The summed E-state index contributed by atoms with van der Waals surface area (Å²) in [6.07, 6.45) is 1.36. The highest BCUT2D eigenvalue weighted by molar-refractivity contribution is 6.35. The van der Waals surface area contributed by atoms with E-state index in [-0.39, 0.29) is 17.7 Å². The molecule has 0 atom stereocenters. The number of anilines is 1. The third-order valence-electron chi connectivity index (χ3n) is 3.66. The minimum Gasteiger partial charge on any atom is -0.476 e. The molecule has 0 amide bonds. The second kappa shape index (κ2) is 6.64. The highest BCUT2D eigenvalue weighted by Gasteiger charge is 2.25. The SMILES string of the molecule is O=C(O)c1[nH]nnc1OC1CCN(c2cc(Cl)cc(Cl)c2)CC1. The molecule has 2 aromatic rings. The number of piperidine rings is 1. The van der Waals surface area contributed by atoms with Gasteiger partial charge < -0.3 is 14.7 Å². The Morgan fingerprint density at radius 2 is 1.91 bits per heavy atom. The van der Waals surface area contributed by atoms with Gasteiger partial charge >= 0.3 is 5.97 Å². The number of carboxylic acid groups (broad SMARTS) is 1. The molecule has 2 N–H and O–H groups in total. The summed E-state index contributed by atoms with van der Waals surface area (Å²) in [6.45, 7) is 1.50. The number of benzene rings is 1. The van der Waals surface area contributed by atoms with Gasteiger partial charge in [-0.2, -0.15) is 0 Å². The Morgan fingerprint density at radius 1 is 1.26 bits per heavy atom. The van der Waals surface area contributed by atoms with E-state index in [4.69, 9.17) is 33.0 Å². The third kappa shape index (κ3) is 3.68. The molecule has 0 bridgehead atoms. The van der Waals surface area contributed by atoms with Crippen molar-refractivity contribution < 1.29 is 14.6 Å². The van der Waals surface area contributed by atoms with Crippen LogP contribution in [-0.4, -0.2) is 45.7 Å². The molecule has 9 heteroatoms. The van der Waals surface area contributed by atoms with Gasteiger partial charge in [0.25, 0.3) is 5.88 Å². The Kier molecular flexibility index (Phi) is 4.58. The molecule has 1 saturated heterocycles. The van der Waals surface area contributed by atoms with E-state index in [0.717, 1.165) is 31.6 Å². The molecule has 23 heavy (non-hydrogen) atoms. The van der Waals surface area contributed by atoms with Crippen molar-refractivity contribution >= 4 is 34.9 Å². The second-order valence-corrected chi connectivity index (χ2v) is 6.10. The lowest BCUT2D eigenvalue weighted by Crippen LogP contribution is -2.38. The van der Waals surface area contributed by atoms with Crippen molar-refractivity contribution in [2.75, 3.05) is 18.0 Å². The van der Waals surface area contributed by atoms with Crippen LogP contribution in [0.2, 0.25) is 10.0 Å². The summed E-state index contributed by atoms with van der Waals surface area (Å²) in [7, 11) is 0. The molecule has 1 aliphatic heterocycles. The van der Waals surface area contributed by atoms with Crippen LogP contribution in [0.25, 0.3) is 0 Å². The van der Waals surface area contributed by atoms with Gasteiger partial charge in [0.2, 0.25) is 5.69 Å². The van der Waals surface area contributed by atoms with Crippen molar-refractivity contribution in [3.05, 3.63) is 33.9 Å². The van der Waals surface area contributed by atoms with Crippen molar-refractivity contribution in [2.24, 2.45) is 0 Å². The van der Waals surface area contributed by atoms with E-state index in [1.807, 2.05) is 12.1 Å². The zero-order valence-corrected chi connectivity index (χ0v) is 13.5. The van der Waals surface area contributed by atoms with Crippen LogP contribution in [0.15, 0.2) is 18.2 Å². The molecular weight excluding hydrogens is 343 g/mol. The molecular formula is C14H14Cl2N4O3. The smallest absolute Gasteiger partial charge is 0.359 e. The zero-order valence-electron chi connectivity index (χ0n) is 12.0. The quantitative estimate of drug-likeness (QED) is 0.874. The Balaban J connectivity index is 1.62. The first kappa shape index (κ1) is 15.9. The molecule has 2 heterocycles. The van der Waals surface area contributed by atoms with E-state index in [2.05, 4.69) is 20.3 Å². The summed E-state index contributed by atoms with van der Waals surface area (Å²) < 4.78 is 5.65. The zero-order chi connectivity index (χ0) is 16.4. The van der Waals surface area contributed by atoms with Crippen LogP contribution in [0.5, 0.6) is 5.88 Å². The summed E-state index contributed by atoms with van der Waals surface area (Å²) in [5, 5.41) is 19.7. The van der Waals surface area contributed by atoms with Gasteiger partial charge in [0, 0.05) is 41.7 Å². The molecule has 0 unspecified atom stereocenters. The Labute approximate surface area is 142 Å². The summed E-state index contributed by atoms with van der Waals surface area (Å²) in [6, 6.07) is 5.43. The number of carboxylic acids is 1. The minimum atomic E-state index is -1.14. The van der Waals surface area contributed by atoms with Crippen LogP contribution in [0.1, 0.15) is 23.3 Å². The van der Waals surface area contributed by atoms with Crippen LogP contribution >= 0.6 is 23.2 Å². The largest absolute Gasteiger partial charge is 0.476 e. The number of aromatic amines is 1. The van der Waals surface area contributed by atoms with Gasteiger partial charge in [-0.05, 0) is 18.2 Å². The number of H-pyrrole nitrogens is 1. The molecule has 1 fully saturated rings. The highest BCUT2D eigenvalue weighted by Crippen LogP contribution is 2.28. The van der Waals surface area contributed by atoms with Crippen LogP contribution in [0, 0.1) is 0 Å². The minimum absolute atomic E-state index is 0.0294. The van der Waals surface area contributed by atoms with E-state index in [9.17, 15) is 4.79 Å². The van der Waals surface area contributed by atoms with Gasteiger partial charge in [-0.1, -0.05) is 33.5 Å². The maximum atomic E-state index is 11.0. The van der Waals surface area contributed by atoms with E-state index < -0.39 is 5.97 Å². The van der Waals surface area contributed by atoms with Crippen molar-refractivity contribution in [2.45, 2.75) is 18.9 Å². The number of aromatic carboxylic acids is 1. The monoisotopic (exact) mass is 356 g/mol. The first-order valence-electron chi connectivity index (χ1n) is 7.05. The van der Waals surface area contributed by atoms with Crippen LogP contribution < -0.4 is 9.64 Å². The van der Waals surface area contributed by atoms with Gasteiger partial charge in [-0.3, -0.25) is 0 Å². The number of ether oxygens (including phenoxy) is 1. The Morgan fingerprint density at radius 3 is 2.52 bits per heavy atom. The standard InChI is InChI=1S/C14H14Cl2N4O3/c15-8-5-9(16)7-10(6-8)20-3-1-11(2-4-20)23-13-12(14(21)22)17-19-18-13/h5-7,11H,1-4H2,(H,21,22)(H,17,18,19). The van der Waals surface area contributed by atoms with Crippen molar-refractivity contribution in [3.63, 3.8) is 0 Å². The number of hydrogen-bond acceptors (Lipinski definition) is 5. The van der Waals surface area contributed by atoms with Crippen LogP contribution in [-0.2, 0) is 0 Å². The lowest BCUT2D eigenvalue weighted by atomic mass is 10.1. The molecule has 0 spiro atoms. The van der Waals surface area contributed by atoms with Gasteiger partial charge in [0.1, 0.15) is 6.10 Å². The predicted octanol–water partition coefficient (Wildman–Crippen LogP) is 2.86. The maximum Gasteiger partial charge on any atom is 0.359 e. The van der Waals surface area contributed by atoms with Gasteiger partial charge in [-0.25, -0.2) is 9.89 Å². The molecule has 122 valence electrons. The lowest BCUT2D eigenvalue weighted by Gasteiger charge is -2.33. The first-order chi connectivity index (χ1) is 11.0. The third-order valence-corrected chi connectivity index (χ3v) is 4.10. The fourth-order valence-corrected chi connectivity index (χ4v) is 3.07. The molecule has 0 saturated carbocycles. The highest BCUT2D eigenvalue weighted by atomic mass is 35.5. The average Bonchev–Trinajstić information content (AvgIpc) is 2.95. The van der Waals surface area contributed by atoms with Gasteiger partial charge in [-0.15, -0.1) is 0 Å². The lowest BCUT2D eigenvalue weighted by molar-refractivity contribution is 0.0680. The molecule has 0 aliphatic carbocycles. The first-order valence-corrected chi connectivity index (χ1v) is 7.80. The van der Waals surface area contributed by atoms with E-state index in [1.165, 1.54) is 0 Å². The fraction of sp³-hybridized carbons (Fsp3) is 0.357. The maximum absolute atomic E-state index is 11.0. The molecule has 0 radical (unpaired) electrons. The van der Waals surface area contributed by atoms with E-state index in [1.54, 1.807) is 6.07 Å². The molecule has 1 aromatic heterocycles. The van der Waals surface area contributed by atoms with Crippen molar-refractivity contribution in [3.8, 4) is 5.88 Å². The number of halogens is 2. The number of nitrogens with one attached hydrogen (secondary N) is 1. The fourth-order valence-electron chi connectivity index (χ4n) is 2.55. The van der Waals surface area contributed by atoms with E-state index >= 15 is 0 Å². The predicted molar refractivity (Wildman–Crippen MR) is 85.7 cm³/mol. The van der Waals surface area contributed by atoms with E-state index in [0.29, 0.717) is 10.0 Å². The topological polar surface area (TPSA) is 91.3 Å². The van der Waals surface area contributed by atoms with Gasteiger partial charge in [0.15, 0.2) is 0 Å². The number of carbonyl (C=O) groups is 1. The molecule has 1 aliphatic rings. The Bertz CT molecular complexity index is 694. The molecule has 1 aromatic carbocycles. The summed E-state index contributed by atoms with van der Waals surface area (Å²) in [4.78, 5) is 13.2. The van der Waals surface area contributed by atoms with Gasteiger partial charge in [0.05, 0.1) is 0 Å². The van der Waals surface area contributed by atoms with Crippen molar-refractivity contribution in [1.29, 1.82) is 0 Å². The van der Waals surface area contributed by atoms with Crippen molar-refractivity contribution in [1.82, 2.24) is 15.4 Å². The molecule has 7 nitrogen and oxygen atoms in total. The average molecular weight is 357 g/mol. The Hall–Kier alpha value is -1.99. The number of hydrogen-bond donors (Lipinski definition) is 2. The number of aromatic nitrogens is 3. The van der Waals surface area contributed by atoms with Crippen LogP contribution in [0.4, 0.5) is 5.69 Å². The van der Waals surface area contributed by atoms with Crippen LogP contribution in [0.3, 0.4) is 0 Å². The second-order valence-electron chi connectivity index (χ2n) is 5.23. The molecule has 3 rings (SSSR count). The number of nitrogens with zero attached hydrogens (tertiary/aromatic N) is 3. The summed E-state index contributed by atoms with van der Waals surface area (Å²) in [5.41, 5.74) is 0.836. The normalized spacial score (nSPS) is 15.7. The summed E-state index contributed by atoms with van der Waals surface area (Å²) in [5.74, 6) is -1.11.